The molecule has 1 fully saturated rings. The molecular weight excluding hydrogens is 325 g/mol. The molecule has 136 valence electrons. The third-order valence-electron chi connectivity index (χ3n) is 4.47. The summed E-state index contributed by atoms with van der Waals surface area (Å²) in [6.07, 6.45) is 0.501. The van der Waals surface area contributed by atoms with Crippen molar-refractivity contribution in [2.24, 2.45) is 17.6 Å². The van der Waals surface area contributed by atoms with Crippen molar-refractivity contribution in [2.45, 2.75) is 32.7 Å². The first-order valence-electron chi connectivity index (χ1n) is 8.39. The van der Waals surface area contributed by atoms with Crippen molar-refractivity contribution in [3.05, 3.63) is 35.6 Å². The van der Waals surface area contributed by atoms with Gasteiger partial charge in [0, 0.05) is 25.6 Å². The van der Waals surface area contributed by atoms with Gasteiger partial charge in [-0.25, -0.2) is 4.39 Å². The highest BCUT2D eigenvalue weighted by atomic mass is 19.1. The number of nitrogens with one attached hydrogen (secondary N) is 1. The quantitative estimate of drug-likeness (QED) is 0.764. The Balaban J connectivity index is 1.90. The number of hydrogen-bond donors (Lipinski definition) is 2. The molecule has 3 amide bonds. The molecule has 2 rings (SSSR count). The van der Waals surface area contributed by atoms with Crippen LogP contribution in [0, 0.1) is 17.7 Å². The second kappa shape index (κ2) is 8.09. The Hall–Kier alpha value is -2.44. The normalized spacial score (nSPS) is 18.5. The van der Waals surface area contributed by atoms with Crippen LogP contribution >= 0.6 is 0 Å². The van der Waals surface area contributed by atoms with Gasteiger partial charge in [-0.2, -0.15) is 0 Å². The van der Waals surface area contributed by atoms with Crippen LogP contribution in [-0.2, 0) is 20.8 Å². The van der Waals surface area contributed by atoms with Gasteiger partial charge < -0.3 is 16.0 Å². The fourth-order valence-corrected chi connectivity index (χ4v) is 2.95. The van der Waals surface area contributed by atoms with E-state index in [-0.39, 0.29) is 36.6 Å². The minimum atomic E-state index is -0.590. The molecule has 0 unspecified atom stereocenters. The largest absolute Gasteiger partial charge is 0.369 e. The van der Waals surface area contributed by atoms with Crippen LogP contribution in [0.3, 0.4) is 0 Å². The zero-order chi connectivity index (χ0) is 18.6. The Bertz CT molecular complexity index is 645. The lowest BCUT2D eigenvalue weighted by atomic mass is 9.98. The van der Waals surface area contributed by atoms with Gasteiger partial charge in [0.1, 0.15) is 5.82 Å². The first-order chi connectivity index (χ1) is 11.8. The molecule has 0 radical (unpaired) electrons. The summed E-state index contributed by atoms with van der Waals surface area (Å²) in [5, 5.41) is 2.72. The predicted octanol–water partition coefficient (Wildman–Crippen LogP) is 0.843. The van der Waals surface area contributed by atoms with Crippen LogP contribution in [0.15, 0.2) is 24.3 Å². The molecule has 1 aromatic carbocycles. The molecule has 1 heterocycles. The summed E-state index contributed by atoms with van der Waals surface area (Å²) in [4.78, 5) is 37.5. The third-order valence-corrected chi connectivity index (χ3v) is 4.47. The van der Waals surface area contributed by atoms with Crippen LogP contribution in [0.1, 0.15) is 25.8 Å². The maximum Gasteiger partial charge on any atom is 0.225 e. The van der Waals surface area contributed by atoms with Gasteiger partial charge in [-0.3, -0.25) is 14.4 Å². The molecule has 1 aliphatic rings. The van der Waals surface area contributed by atoms with Gasteiger partial charge in [-0.05, 0) is 38.0 Å². The predicted molar refractivity (Wildman–Crippen MR) is 90.8 cm³/mol. The number of carbonyl (C=O) groups is 3. The van der Waals surface area contributed by atoms with E-state index in [0.717, 1.165) is 5.56 Å². The summed E-state index contributed by atoms with van der Waals surface area (Å²) in [5.74, 6) is -2.17. The molecule has 3 N–H and O–H groups in total. The molecule has 1 aliphatic heterocycles. The third kappa shape index (κ3) is 5.01. The average Bonchev–Trinajstić information content (AvgIpc) is 2.95. The highest BCUT2D eigenvalue weighted by Gasteiger charge is 2.35. The SMILES string of the molecule is CC(C)N1C[C@@H](C(=O)NC[C@H](Cc2ccc(F)cc2)C(N)=O)CC1=O. The van der Waals surface area contributed by atoms with Crippen molar-refractivity contribution < 1.29 is 18.8 Å². The summed E-state index contributed by atoms with van der Waals surface area (Å²) < 4.78 is 12.9. The van der Waals surface area contributed by atoms with E-state index in [1.165, 1.54) is 12.1 Å². The highest BCUT2D eigenvalue weighted by Crippen LogP contribution is 2.20. The van der Waals surface area contributed by atoms with Crippen LogP contribution in [-0.4, -0.2) is 41.8 Å². The van der Waals surface area contributed by atoms with Crippen molar-refractivity contribution in [3.8, 4) is 0 Å². The zero-order valence-electron chi connectivity index (χ0n) is 14.5. The molecule has 1 aromatic rings. The highest BCUT2D eigenvalue weighted by molar-refractivity contribution is 5.89. The molecule has 25 heavy (non-hydrogen) atoms. The van der Waals surface area contributed by atoms with Crippen LogP contribution in [0.2, 0.25) is 0 Å². The maximum atomic E-state index is 12.9. The van der Waals surface area contributed by atoms with Crippen LogP contribution in [0.25, 0.3) is 0 Å². The number of amides is 3. The zero-order valence-corrected chi connectivity index (χ0v) is 14.5. The lowest BCUT2D eigenvalue weighted by Crippen LogP contribution is -2.40. The lowest BCUT2D eigenvalue weighted by molar-refractivity contribution is -0.130. The van der Waals surface area contributed by atoms with Crippen LogP contribution in [0.5, 0.6) is 0 Å². The number of likely N-dealkylation sites (tertiary alicyclic amines) is 1. The Kier molecular flexibility index (Phi) is 6.12. The van der Waals surface area contributed by atoms with E-state index in [9.17, 15) is 18.8 Å². The van der Waals surface area contributed by atoms with E-state index in [0.29, 0.717) is 13.0 Å². The molecule has 6 nitrogen and oxygen atoms in total. The van der Waals surface area contributed by atoms with Gasteiger partial charge in [0.2, 0.25) is 17.7 Å². The van der Waals surface area contributed by atoms with Gasteiger partial charge in [0.05, 0.1) is 11.8 Å². The number of primary amides is 1. The molecule has 0 bridgehead atoms. The first kappa shape index (κ1) is 18.9. The summed E-state index contributed by atoms with van der Waals surface area (Å²) in [6.45, 7) is 4.30. The van der Waals surface area contributed by atoms with Crippen LogP contribution < -0.4 is 11.1 Å². The Morgan fingerprint density at radius 3 is 2.48 bits per heavy atom. The second-order valence-electron chi connectivity index (χ2n) is 6.72. The van der Waals surface area contributed by atoms with Crippen molar-refractivity contribution >= 4 is 17.7 Å². The van der Waals surface area contributed by atoms with E-state index in [2.05, 4.69) is 5.32 Å². The van der Waals surface area contributed by atoms with E-state index >= 15 is 0 Å². The Labute approximate surface area is 146 Å². The van der Waals surface area contributed by atoms with Gasteiger partial charge in [-0.15, -0.1) is 0 Å². The fraction of sp³-hybridized carbons (Fsp3) is 0.500. The van der Waals surface area contributed by atoms with Gasteiger partial charge in [-0.1, -0.05) is 12.1 Å². The number of rotatable bonds is 7. The summed E-state index contributed by atoms with van der Waals surface area (Å²) in [7, 11) is 0. The van der Waals surface area contributed by atoms with Crippen molar-refractivity contribution in [2.75, 3.05) is 13.1 Å². The summed E-state index contributed by atoms with van der Waals surface area (Å²) in [6, 6.07) is 5.86. The molecular formula is C18H24FN3O3. The number of hydrogen-bond acceptors (Lipinski definition) is 3. The number of halogens is 1. The molecule has 1 saturated heterocycles. The minimum Gasteiger partial charge on any atom is -0.369 e. The van der Waals surface area contributed by atoms with Gasteiger partial charge >= 0.3 is 0 Å². The Morgan fingerprint density at radius 1 is 1.32 bits per heavy atom. The van der Waals surface area contributed by atoms with E-state index in [4.69, 9.17) is 5.73 Å². The van der Waals surface area contributed by atoms with Crippen molar-refractivity contribution in [1.29, 1.82) is 0 Å². The molecule has 0 spiro atoms. The minimum absolute atomic E-state index is 0.0343. The van der Waals surface area contributed by atoms with Crippen molar-refractivity contribution in [1.82, 2.24) is 10.2 Å². The second-order valence-corrected chi connectivity index (χ2v) is 6.72. The molecule has 0 aliphatic carbocycles. The van der Waals surface area contributed by atoms with Gasteiger partial charge in [0.15, 0.2) is 0 Å². The Morgan fingerprint density at radius 2 is 1.96 bits per heavy atom. The lowest BCUT2D eigenvalue weighted by Gasteiger charge is -2.21. The number of nitrogens with zero attached hydrogens (tertiary/aromatic N) is 1. The van der Waals surface area contributed by atoms with Crippen LogP contribution in [0.4, 0.5) is 4.39 Å². The van der Waals surface area contributed by atoms with E-state index in [1.807, 2.05) is 13.8 Å². The molecule has 2 atom stereocenters. The number of benzene rings is 1. The summed E-state index contributed by atoms with van der Waals surface area (Å²) in [5.41, 5.74) is 6.18. The number of nitrogens with two attached hydrogens (primary N) is 1. The average molecular weight is 349 g/mol. The fourth-order valence-electron chi connectivity index (χ4n) is 2.95. The van der Waals surface area contributed by atoms with E-state index < -0.39 is 17.7 Å². The first-order valence-corrected chi connectivity index (χ1v) is 8.39. The molecule has 0 saturated carbocycles. The standard InChI is InChI=1S/C18H24FN3O3/c1-11(2)22-10-14(8-16(22)23)18(25)21-9-13(17(20)24)7-12-3-5-15(19)6-4-12/h3-6,11,13-14H,7-10H2,1-2H3,(H2,20,24)(H,21,25)/t13-,14-/m0/s1. The molecule has 7 heteroatoms. The summed E-state index contributed by atoms with van der Waals surface area (Å²) >= 11 is 0. The van der Waals surface area contributed by atoms with Crippen molar-refractivity contribution in [3.63, 3.8) is 0 Å². The maximum absolute atomic E-state index is 12.9. The number of carbonyl (C=O) groups excluding carboxylic acids is 3. The van der Waals surface area contributed by atoms with E-state index in [1.54, 1.807) is 17.0 Å². The molecule has 0 aromatic heterocycles. The van der Waals surface area contributed by atoms with Gasteiger partial charge in [0.25, 0.3) is 0 Å². The topological polar surface area (TPSA) is 92.5 Å². The smallest absolute Gasteiger partial charge is 0.225 e. The monoisotopic (exact) mass is 349 g/mol.